The summed E-state index contributed by atoms with van der Waals surface area (Å²) in [6.45, 7) is 13.6. The summed E-state index contributed by atoms with van der Waals surface area (Å²) in [7, 11) is -3.11. The molecule has 0 saturated heterocycles. The van der Waals surface area contributed by atoms with E-state index in [0.717, 1.165) is 50.0 Å². The molecule has 0 spiro atoms. The van der Waals surface area contributed by atoms with Gasteiger partial charge in [0.1, 0.15) is 5.78 Å². The molecule has 1 saturated carbocycles. The third kappa shape index (κ3) is 8.97. The van der Waals surface area contributed by atoms with Crippen LogP contribution in [0, 0.1) is 11.8 Å². The molecule has 2 rings (SSSR count). The van der Waals surface area contributed by atoms with E-state index >= 15 is 0 Å². The van der Waals surface area contributed by atoms with Crippen LogP contribution in [0.4, 0.5) is 5.69 Å². The molecule has 7 heteroatoms. The minimum Gasteiger partial charge on any atom is -0.380 e. The second-order valence-electron chi connectivity index (χ2n) is 10.3. The number of ketones is 1. The maximum absolute atomic E-state index is 12.9. The van der Waals surface area contributed by atoms with Gasteiger partial charge in [-0.1, -0.05) is 12.1 Å². The van der Waals surface area contributed by atoms with Gasteiger partial charge in [0.05, 0.1) is 23.7 Å². The molecule has 194 valence electrons. The summed E-state index contributed by atoms with van der Waals surface area (Å²) in [6, 6.07) is 8.25. The van der Waals surface area contributed by atoms with Crippen LogP contribution >= 0.6 is 0 Å². The Kier molecular flexibility index (Phi) is 11.5. The largest absolute Gasteiger partial charge is 0.380 e. The number of sulfone groups is 1. The molecule has 34 heavy (non-hydrogen) atoms. The zero-order valence-corrected chi connectivity index (χ0v) is 22.7. The van der Waals surface area contributed by atoms with Gasteiger partial charge in [0.2, 0.25) is 0 Å². The Morgan fingerprint density at radius 1 is 0.941 bits per heavy atom. The Balaban J connectivity index is 1.88. The number of nitrogens with zero attached hydrogens (tertiary/aromatic N) is 1. The highest BCUT2D eigenvalue weighted by Crippen LogP contribution is 2.33. The van der Waals surface area contributed by atoms with Crippen molar-refractivity contribution in [1.29, 1.82) is 0 Å². The van der Waals surface area contributed by atoms with E-state index in [1.807, 2.05) is 26.0 Å². The van der Waals surface area contributed by atoms with Crippen molar-refractivity contribution in [2.75, 3.05) is 50.2 Å². The Hall–Kier alpha value is -1.44. The monoisotopic (exact) mass is 495 g/mol. The number of rotatable bonds is 14. The lowest BCUT2D eigenvalue weighted by Gasteiger charge is -2.30. The molecule has 0 amide bonds. The SMILES string of the molecule is CCOCCN(CCOCC)c1ccc(CC(=O)C2CCC(CS(=O)(=O)C(C)(C)C)CC2)cc1. The number of Topliss-reactive ketones (excluding diaryl/α,β-unsaturated/α-hetero) is 1. The van der Waals surface area contributed by atoms with Crippen LogP contribution in [0.5, 0.6) is 0 Å². The number of hydrogen-bond donors (Lipinski definition) is 0. The van der Waals surface area contributed by atoms with Crippen LogP contribution in [-0.4, -0.2) is 64.2 Å². The van der Waals surface area contributed by atoms with Crippen molar-refractivity contribution in [3.8, 4) is 0 Å². The van der Waals surface area contributed by atoms with Gasteiger partial charge in [-0.3, -0.25) is 4.79 Å². The van der Waals surface area contributed by atoms with E-state index in [1.165, 1.54) is 0 Å². The van der Waals surface area contributed by atoms with Gasteiger partial charge in [0.15, 0.2) is 9.84 Å². The molecule has 0 unspecified atom stereocenters. The fourth-order valence-electron chi connectivity index (χ4n) is 4.39. The van der Waals surface area contributed by atoms with E-state index in [4.69, 9.17) is 9.47 Å². The molecule has 0 aliphatic heterocycles. The lowest BCUT2D eigenvalue weighted by molar-refractivity contribution is -0.123. The van der Waals surface area contributed by atoms with E-state index in [2.05, 4.69) is 17.0 Å². The summed E-state index contributed by atoms with van der Waals surface area (Å²) in [5, 5.41) is 0. The number of carbonyl (C=O) groups is 1. The first-order valence-electron chi connectivity index (χ1n) is 12.8. The molecule has 1 aliphatic carbocycles. The smallest absolute Gasteiger partial charge is 0.155 e. The maximum atomic E-state index is 12.9. The molecule has 0 radical (unpaired) electrons. The second-order valence-corrected chi connectivity index (χ2v) is 13.1. The van der Waals surface area contributed by atoms with Crippen molar-refractivity contribution >= 4 is 21.3 Å². The van der Waals surface area contributed by atoms with Gasteiger partial charge in [-0.25, -0.2) is 8.42 Å². The van der Waals surface area contributed by atoms with Crippen LogP contribution < -0.4 is 4.90 Å². The summed E-state index contributed by atoms with van der Waals surface area (Å²) in [5.41, 5.74) is 2.14. The normalized spacial score (nSPS) is 19.2. The first-order valence-corrected chi connectivity index (χ1v) is 14.5. The molecule has 0 heterocycles. The predicted octanol–water partition coefficient (Wildman–Crippen LogP) is 4.70. The highest BCUT2D eigenvalue weighted by molar-refractivity contribution is 7.92. The summed E-state index contributed by atoms with van der Waals surface area (Å²) >= 11 is 0. The first kappa shape index (κ1) is 28.8. The molecule has 0 aromatic heterocycles. The highest BCUT2D eigenvalue weighted by Gasteiger charge is 2.34. The number of hydrogen-bond acceptors (Lipinski definition) is 6. The first-order chi connectivity index (χ1) is 16.1. The van der Waals surface area contributed by atoms with Gasteiger partial charge in [0.25, 0.3) is 0 Å². The lowest BCUT2D eigenvalue weighted by Crippen LogP contribution is -2.35. The number of anilines is 1. The summed E-state index contributed by atoms with van der Waals surface area (Å²) in [5.74, 6) is 0.727. The van der Waals surface area contributed by atoms with Gasteiger partial charge >= 0.3 is 0 Å². The zero-order chi connectivity index (χ0) is 25.2. The summed E-state index contributed by atoms with van der Waals surface area (Å²) in [4.78, 5) is 15.2. The van der Waals surface area contributed by atoms with Gasteiger partial charge < -0.3 is 14.4 Å². The lowest BCUT2D eigenvalue weighted by atomic mass is 9.79. The van der Waals surface area contributed by atoms with Crippen molar-refractivity contribution < 1.29 is 22.7 Å². The van der Waals surface area contributed by atoms with Crippen LogP contribution in [0.2, 0.25) is 0 Å². The number of benzene rings is 1. The van der Waals surface area contributed by atoms with Crippen LogP contribution in [0.25, 0.3) is 0 Å². The number of ether oxygens (including phenoxy) is 2. The quantitative estimate of drug-likeness (QED) is 0.349. The van der Waals surface area contributed by atoms with E-state index in [9.17, 15) is 13.2 Å². The van der Waals surface area contributed by atoms with Crippen molar-refractivity contribution in [1.82, 2.24) is 0 Å². The molecule has 1 fully saturated rings. The molecule has 1 aromatic rings. The van der Waals surface area contributed by atoms with Gasteiger partial charge in [-0.05, 0) is 83.9 Å². The third-order valence-electron chi connectivity index (χ3n) is 6.79. The fraction of sp³-hybridized carbons (Fsp3) is 0.741. The van der Waals surface area contributed by atoms with Gasteiger partial charge in [-0.2, -0.15) is 0 Å². The summed E-state index contributed by atoms with van der Waals surface area (Å²) < 4.78 is 35.4. The van der Waals surface area contributed by atoms with Crippen molar-refractivity contribution in [2.45, 2.75) is 71.5 Å². The Morgan fingerprint density at radius 2 is 1.47 bits per heavy atom. The van der Waals surface area contributed by atoms with E-state index < -0.39 is 14.6 Å². The van der Waals surface area contributed by atoms with Crippen LogP contribution in [0.15, 0.2) is 24.3 Å². The van der Waals surface area contributed by atoms with Crippen LogP contribution in [0.1, 0.15) is 65.9 Å². The Morgan fingerprint density at radius 3 is 1.94 bits per heavy atom. The molecule has 6 nitrogen and oxygen atoms in total. The van der Waals surface area contributed by atoms with Crippen molar-refractivity contribution in [3.63, 3.8) is 0 Å². The number of carbonyl (C=O) groups excluding carboxylic acids is 1. The van der Waals surface area contributed by atoms with E-state index in [1.54, 1.807) is 20.8 Å². The van der Waals surface area contributed by atoms with E-state index in [-0.39, 0.29) is 23.4 Å². The highest BCUT2D eigenvalue weighted by atomic mass is 32.2. The molecule has 1 aliphatic rings. The molecule has 0 bridgehead atoms. The molecular formula is C27H45NO5S. The predicted molar refractivity (Wildman–Crippen MR) is 139 cm³/mol. The average molecular weight is 496 g/mol. The van der Waals surface area contributed by atoms with Crippen LogP contribution in [-0.2, 0) is 30.5 Å². The minimum atomic E-state index is -3.11. The van der Waals surface area contributed by atoms with Crippen LogP contribution in [0.3, 0.4) is 0 Å². The second kappa shape index (κ2) is 13.6. The van der Waals surface area contributed by atoms with Gasteiger partial charge in [0, 0.05) is 44.3 Å². The standard InChI is InChI=1S/C27H45NO5S/c1-6-32-18-16-28(17-19-33-7-2)25-14-10-22(11-15-25)20-26(29)24-12-8-23(9-13-24)21-34(30,31)27(3,4)5/h10-11,14-15,23-24H,6-9,12-13,16-21H2,1-5H3. The Bertz CT molecular complexity index is 827. The summed E-state index contributed by atoms with van der Waals surface area (Å²) in [6.07, 6.45) is 3.67. The Labute approximate surface area is 207 Å². The molecule has 0 N–H and O–H groups in total. The molecular weight excluding hydrogens is 450 g/mol. The van der Waals surface area contributed by atoms with E-state index in [0.29, 0.717) is 32.8 Å². The van der Waals surface area contributed by atoms with Crippen molar-refractivity contribution in [3.05, 3.63) is 29.8 Å². The van der Waals surface area contributed by atoms with Gasteiger partial charge in [-0.15, -0.1) is 0 Å². The minimum absolute atomic E-state index is 0.0437. The van der Waals surface area contributed by atoms with Crippen molar-refractivity contribution in [2.24, 2.45) is 11.8 Å². The molecule has 1 aromatic carbocycles. The fourth-order valence-corrected chi connectivity index (χ4v) is 5.84. The zero-order valence-electron chi connectivity index (χ0n) is 21.8. The topological polar surface area (TPSA) is 72.9 Å². The average Bonchev–Trinajstić information content (AvgIpc) is 2.78. The third-order valence-corrected chi connectivity index (χ3v) is 9.57. The molecule has 0 atom stereocenters. The maximum Gasteiger partial charge on any atom is 0.155 e.